The van der Waals surface area contributed by atoms with Crippen LogP contribution in [-0.2, 0) is 11.3 Å². The Bertz CT molecular complexity index is 1320. The number of aromatic nitrogens is 1. The molecule has 0 spiro atoms. The third-order valence-corrected chi connectivity index (χ3v) is 5.53. The second-order valence-corrected chi connectivity index (χ2v) is 9.53. The van der Waals surface area contributed by atoms with Gasteiger partial charge in [-0.05, 0) is 29.2 Å². The molecule has 0 amide bonds. The van der Waals surface area contributed by atoms with E-state index in [1.165, 1.54) is 0 Å². The molecule has 3 rings (SSSR count). The second-order valence-electron chi connectivity index (χ2n) is 9.53. The zero-order chi connectivity index (χ0) is 27.8. The Morgan fingerprint density at radius 2 is 1.70 bits per heavy atom. The van der Waals surface area contributed by atoms with E-state index >= 15 is 0 Å². The number of quaternary nitrogens is 1. The molecule has 0 bridgehead atoms. The summed E-state index contributed by atoms with van der Waals surface area (Å²) >= 11 is 0. The van der Waals surface area contributed by atoms with E-state index in [4.69, 9.17) is 14.6 Å². The molecule has 198 valence electrons. The molecule has 1 aromatic heterocycles. The molecule has 0 unspecified atom stereocenters. The summed E-state index contributed by atoms with van der Waals surface area (Å²) in [6, 6.07) is 17.5. The van der Waals surface area contributed by atoms with Gasteiger partial charge in [0, 0.05) is 22.8 Å². The number of carbonyl (C=O) groups is 1. The average molecular weight is 518 g/mol. The standard InChI is InChI=1S/C25H29N3O2.C2HF3O2/c1-25(2,3)12-13-27-14-15-28-22(17-26)23(18-8-6-5-7-9-18)21-16-19(30-4)10-11-20(21)24(28)29;3-2(4,5)1(6)7/h5-11,16,27H,12-15H2,1-4H3;(H,6,7). The Morgan fingerprint density at radius 1 is 1.08 bits per heavy atom. The molecule has 10 heteroatoms. The lowest BCUT2D eigenvalue weighted by atomic mass is 9.92. The summed E-state index contributed by atoms with van der Waals surface area (Å²) in [6.07, 6.45) is -4.10. The monoisotopic (exact) mass is 517 g/mol. The van der Waals surface area contributed by atoms with E-state index in [0.29, 0.717) is 23.4 Å². The molecule has 0 radical (unpaired) electrons. The van der Waals surface area contributed by atoms with Crippen molar-refractivity contribution in [3.05, 3.63) is 64.6 Å². The molecule has 7 nitrogen and oxygen atoms in total. The van der Waals surface area contributed by atoms with Crippen LogP contribution in [0.4, 0.5) is 13.2 Å². The largest absolute Gasteiger partial charge is 0.542 e. The van der Waals surface area contributed by atoms with E-state index in [1.807, 2.05) is 36.4 Å². The van der Waals surface area contributed by atoms with E-state index in [1.54, 1.807) is 23.8 Å². The van der Waals surface area contributed by atoms with Crippen molar-refractivity contribution < 1.29 is 33.1 Å². The number of nitriles is 1. The average Bonchev–Trinajstić information content (AvgIpc) is 2.84. The number of fused-ring (bicyclic) bond motifs is 1. The van der Waals surface area contributed by atoms with Gasteiger partial charge in [-0.1, -0.05) is 51.1 Å². The summed E-state index contributed by atoms with van der Waals surface area (Å²) in [7, 11) is 1.60. The van der Waals surface area contributed by atoms with Crippen LogP contribution in [0.5, 0.6) is 5.75 Å². The van der Waals surface area contributed by atoms with E-state index in [9.17, 15) is 23.2 Å². The molecule has 0 aliphatic heterocycles. The van der Waals surface area contributed by atoms with Gasteiger partial charge in [-0.3, -0.25) is 9.36 Å². The molecular weight excluding hydrogens is 487 g/mol. The fraction of sp³-hybridized carbons (Fsp3) is 0.370. The molecule has 2 aromatic carbocycles. The molecule has 37 heavy (non-hydrogen) atoms. The number of carboxylic acids is 1. The first-order chi connectivity index (χ1) is 17.3. The van der Waals surface area contributed by atoms with Gasteiger partial charge in [0.2, 0.25) is 0 Å². The third-order valence-electron chi connectivity index (χ3n) is 5.53. The Morgan fingerprint density at radius 3 is 2.22 bits per heavy atom. The van der Waals surface area contributed by atoms with Crippen molar-refractivity contribution in [3.63, 3.8) is 0 Å². The summed E-state index contributed by atoms with van der Waals surface area (Å²) in [5.74, 6) is -2.34. The SMILES string of the molecule is COc1ccc2c(=O)n(CC[NH2+]CCC(C)(C)C)c(C#N)c(-c3ccccc3)c2c1.O=C([O-])C(F)(F)F. The van der Waals surface area contributed by atoms with Gasteiger partial charge in [-0.25, -0.2) is 0 Å². The van der Waals surface area contributed by atoms with Crippen molar-refractivity contribution in [2.45, 2.75) is 39.9 Å². The van der Waals surface area contributed by atoms with Gasteiger partial charge in [0.1, 0.15) is 23.5 Å². The number of carbonyl (C=O) groups excluding carboxylic acids is 1. The van der Waals surface area contributed by atoms with Crippen LogP contribution in [-0.4, -0.2) is 36.9 Å². The number of nitrogens with two attached hydrogens (primary N) is 1. The number of pyridine rings is 1. The number of alkyl halides is 3. The predicted molar refractivity (Wildman–Crippen MR) is 132 cm³/mol. The van der Waals surface area contributed by atoms with Crippen LogP contribution >= 0.6 is 0 Å². The van der Waals surface area contributed by atoms with Crippen molar-refractivity contribution >= 4 is 16.7 Å². The third kappa shape index (κ3) is 8.08. The van der Waals surface area contributed by atoms with Gasteiger partial charge >= 0.3 is 6.18 Å². The van der Waals surface area contributed by atoms with Crippen LogP contribution in [0.1, 0.15) is 32.9 Å². The van der Waals surface area contributed by atoms with Gasteiger partial charge in [-0.15, -0.1) is 0 Å². The first-order valence-electron chi connectivity index (χ1n) is 11.6. The fourth-order valence-electron chi connectivity index (χ4n) is 3.68. The van der Waals surface area contributed by atoms with Gasteiger partial charge in [0.15, 0.2) is 0 Å². The molecule has 0 saturated carbocycles. The lowest BCUT2D eigenvalue weighted by molar-refractivity contribution is -0.657. The van der Waals surface area contributed by atoms with Crippen LogP contribution in [0.3, 0.4) is 0 Å². The van der Waals surface area contributed by atoms with Gasteiger partial charge in [0.25, 0.3) is 5.56 Å². The van der Waals surface area contributed by atoms with Crippen LogP contribution < -0.4 is 20.7 Å². The molecule has 2 N–H and O–H groups in total. The number of carboxylic acid groups (broad SMARTS) is 1. The van der Waals surface area contributed by atoms with Crippen LogP contribution in [0.25, 0.3) is 21.9 Å². The number of hydrogen-bond acceptors (Lipinski definition) is 5. The molecular formula is C27H30F3N3O4. The predicted octanol–water partition coefficient (Wildman–Crippen LogP) is 2.85. The van der Waals surface area contributed by atoms with Crippen LogP contribution in [0, 0.1) is 16.7 Å². The quantitative estimate of drug-likeness (QED) is 0.485. The molecule has 0 fully saturated rings. The maximum absolute atomic E-state index is 13.3. The summed E-state index contributed by atoms with van der Waals surface area (Å²) in [4.78, 5) is 22.1. The van der Waals surface area contributed by atoms with Gasteiger partial charge in [-0.2, -0.15) is 18.4 Å². The second kappa shape index (κ2) is 12.4. The fourth-order valence-corrected chi connectivity index (χ4v) is 3.68. The van der Waals surface area contributed by atoms with Gasteiger partial charge < -0.3 is 20.0 Å². The molecule has 0 atom stereocenters. The smallest absolute Gasteiger partial charge is 0.430 e. The normalized spacial score (nSPS) is 11.4. The van der Waals surface area contributed by atoms with Crippen LogP contribution in [0.15, 0.2) is 53.3 Å². The van der Waals surface area contributed by atoms with Crippen molar-refractivity contribution in [2.75, 3.05) is 20.2 Å². The highest BCUT2D eigenvalue weighted by atomic mass is 19.4. The first-order valence-corrected chi connectivity index (χ1v) is 11.6. The summed E-state index contributed by atoms with van der Waals surface area (Å²) in [5.41, 5.74) is 2.25. The lowest BCUT2D eigenvalue weighted by Crippen LogP contribution is -2.85. The van der Waals surface area contributed by atoms with Crippen molar-refractivity contribution in [2.24, 2.45) is 5.41 Å². The Balaban J connectivity index is 0.000000604. The molecule has 1 heterocycles. The highest BCUT2D eigenvalue weighted by molar-refractivity contribution is 5.99. The van der Waals surface area contributed by atoms with Crippen molar-refractivity contribution in [1.82, 2.24) is 4.57 Å². The minimum Gasteiger partial charge on any atom is -0.542 e. The number of ether oxygens (including phenoxy) is 1. The number of nitrogens with zero attached hydrogens (tertiary/aromatic N) is 2. The summed E-state index contributed by atoms with van der Waals surface area (Å²) < 4.78 is 38.6. The Hall–Kier alpha value is -3.84. The Kier molecular flexibility index (Phi) is 9.86. The topological polar surface area (TPSA) is 112 Å². The molecule has 3 aromatic rings. The highest BCUT2D eigenvalue weighted by Gasteiger charge is 2.28. The summed E-state index contributed by atoms with van der Waals surface area (Å²) in [6.45, 7) is 8.92. The minimum absolute atomic E-state index is 0.131. The lowest BCUT2D eigenvalue weighted by Gasteiger charge is -2.18. The number of benzene rings is 2. The number of methoxy groups -OCH3 is 1. The maximum atomic E-state index is 13.3. The van der Waals surface area contributed by atoms with Crippen LogP contribution in [0.2, 0.25) is 0 Å². The first kappa shape index (κ1) is 29.4. The molecule has 0 aliphatic carbocycles. The zero-order valence-electron chi connectivity index (χ0n) is 21.2. The molecule has 0 saturated heterocycles. The number of halogens is 3. The zero-order valence-corrected chi connectivity index (χ0v) is 21.2. The van der Waals surface area contributed by atoms with Gasteiger partial charge in [0.05, 0.1) is 26.7 Å². The number of aliphatic carboxylic acids is 1. The van der Waals surface area contributed by atoms with E-state index in [-0.39, 0.29) is 11.0 Å². The minimum atomic E-state index is -5.19. The number of hydrogen-bond donors (Lipinski definition) is 1. The van der Waals surface area contributed by atoms with Crippen molar-refractivity contribution in [3.8, 4) is 22.9 Å². The maximum Gasteiger partial charge on any atom is 0.430 e. The number of rotatable bonds is 7. The van der Waals surface area contributed by atoms with E-state index < -0.39 is 12.1 Å². The van der Waals surface area contributed by atoms with E-state index in [2.05, 4.69) is 32.2 Å². The van der Waals surface area contributed by atoms with E-state index in [0.717, 1.165) is 36.0 Å². The summed E-state index contributed by atoms with van der Waals surface area (Å²) in [5, 5.41) is 22.4. The van der Waals surface area contributed by atoms with Crippen molar-refractivity contribution in [1.29, 1.82) is 5.26 Å². The highest BCUT2D eigenvalue weighted by Crippen LogP contribution is 2.32. The Labute approximate surface area is 213 Å². The molecule has 0 aliphatic rings.